The fraction of sp³-hybridized carbons (Fsp3) is 0.227. The summed E-state index contributed by atoms with van der Waals surface area (Å²) in [4.78, 5) is 21.2. The summed E-state index contributed by atoms with van der Waals surface area (Å²) < 4.78 is 42.6. The normalized spacial score (nSPS) is 21.7. The minimum atomic E-state index is -4.81. The van der Waals surface area contributed by atoms with Gasteiger partial charge in [0.1, 0.15) is 0 Å². The molecule has 0 aliphatic carbocycles. The molecule has 2 aliphatic rings. The minimum absolute atomic E-state index is 0.0332. The second-order valence-corrected chi connectivity index (χ2v) is 8.89. The number of nitrogens with zero attached hydrogens (tertiary/aromatic N) is 2. The fourth-order valence-electron chi connectivity index (χ4n) is 3.53. The minimum Gasteiger partial charge on any atom is -0.374 e. The third-order valence-corrected chi connectivity index (χ3v) is 6.11. The van der Waals surface area contributed by atoms with Crippen LogP contribution in [-0.4, -0.2) is 24.0 Å². The average Bonchev–Trinajstić information content (AvgIpc) is 3.25. The monoisotopic (exact) mass is 530 g/mol. The van der Waals surface area contributed by atoms with E-state index in [0.29, 0.717) is 12.0 Å². The lowest BCUT2D eigenvalue weighted by molar-refractivity contribution is -0.275. The molecular formula is C22H16Cl3F3N4O2. The number of anilines is 1. The Morgan fingerprint density at radius 2 is 1.85 bits per heavy atom. The third kappa shape index (κ3) is 4.87. The zero-order chi connectivity index (χ0) is 24.5. The van der Waals surface area contributed by atoms with Crippen molar-refractivity contribution in [2.45, 2.75) is 24.6 Å². The van der Waals surface area contributed by atoms with Crippen LogP contribution >= 0.6 is 34.8 Å². The number of halogens is 6. The maximum Gasteiger partial charge on any atom is 0.435 e. The van der Waals surface area contributed by atoms with Gasteiger partial charge in [-0.15, -0.1) is 0 Å². The standard InChI is InChI=1S/C22H16Cl3F3N4O2/c23-15-8-14(9-16(24)10-15)21(22(26,27)28)11-19(32-34-21)13-1-2-17(25)18(7-13)30-31-20(33)12-3-5-29-6-4-12/h1-3,5-10,12,30H,4,11H2,(H,31,33). The molecular weight excluding hydrogens is 516 g/mol. The number of amides is 1. The van der Waals surface area contributed by atoms with Crippen LogP contribution < -0.4 is 10.9 Å². The Morgan fingerprint density at radius 1 is 1.12 bits per heavy atom. The van der Waals surface area contributed by atoms with Crippen molar-refractivity contribution in [2.75, 3.05) is 5.43 Å². The van der Waals surface area contributed by atoms with E-state index in [2.05, 4.69) is 21.0 Å². The number of rotatable bonds is 5. The van der Waals surface area contributed by atoms with Crippen LogP contribution in [0.2, 0.25) is 15.1 Å². The molecule has 0 saturated carbocycles. The SMILES string of the molecule is O=C(NNc1cc(C2=NOC(c3cc(Cl)cc(Cl)c3)(C(F)(F)F)C2)ccc1Cl)C1C=CN=CC1. The van der Waals surface area contributed by atoms with Crippen LogP contribution in [0, 0.1) is 5.92 Å². The van der Waals surface area contributed by atoms with Gasteiger partial charge in [0.25, 0.3) is 5.60 Å². The lowest BCUT2D eigenvalue weighted by atomic mass is 9.86. The summed E-state index contributed by atoms with van der Waals surface area (Å²) in [6, 6.07) is 8.08. The van der Waals surface area contributed by atoms with Crippen LogP contribution in [0.15, 0.2) is 58.8 Å². The molecule has 2 heterocycles. The zero-order valence-electron chi connectivity index (χ0n) is 17.2. The molecule has 34 heavy (non-hydrogen) atoms. The van der Waals surface area contributed by atoms with Crippen molar-refractivity contribution in [1.29, 1.82) is 0 Å². The van der Waals surface area contributed by atoms with Gasteiger partial charge in [-0.1, -0.05) is 52.1 Å². The van der Waals surface area contributed by atoms with E-state index in [9.17, 15) is 18.0 Å². The molecule has 2 atom stereocenters. The van der Waals surface area contributed by atoms with E-state index in [1.54, 1.807) is 12.3 Å². The number of nitrogens with one attached hydrogen (secondary N) is 2. The van der Waals surface area contributed by atoms with Crippen molar-refractivity contribution in [3.63, 3.8) is 0 Å². The molecule has 0 saturated heterocycles. The lowest BCUT2D eigenvalue weighted by Gasteiger charge is -2.29. The summed E-state index contributed by atoms with van der Waals surface area (Å²) in [5.74, 6) is -0.726. The number of benzene rings is 2. The highest BCUT2D eigenvalue weighted by Gasteiger charge is 2.62. The topological polar surface area (TPSA) is 75.1 Å². The summed E-state index contributed by atoms with van der Waals surface area (Å²) in [6.07, 6.45) is -0.190. The van der Waals surface area contributed by atoms with Gasteiger partial charge in [-0.2, -0.15) is 13.2 Å². The van der Waals surface area contributed by atoms with E-state index < -0.39 is 24.1 Å². The van der Waals surface area contributed by atoms with E-state index in [0.717, 1.165) is 12.1 Å². The number of hydrazine groups is 1. The zero-order valence-corrected chi connectivity index (χ0v) is 19.4. The van der Waals surface area contributed by atoms with Crippen LogP contribution in [0.5, 0.6) is 0 Å². The molecule has 178 valence electrons. The van der Waals surface area contributed by atoms with Crippen LogP contribution in [0.25, 0.3) is 0 Å². The fourth-order valence-corrected chi connectivity index (χ4v) is 4.22. The molecule has 0 fully saturated rings. The number of hydrogen-bond donors (Lipinski definition) is 2. The first-order valence-corrected chi connectivity index (χ1v) is 11.0. The highest BCUT2D eigenvalue weighted by molar-refractivity contribution is 6.34. The van der Waals surface area contributed by atoms with Crippen molar-refractivity contribution in [1.82, 2.24) is 5.43 Å². The van der Waals surface area contributed by atoms with E-state index in [1.807, 2.05) is 0 Å². The number of oxime groups is 1. The van der Waals surface area contributed by atoms with Crippen molar-refractivity contribution in [3.05, 3.63) is 74.9 Å². The van der Waals surface area contributed by atoms with Crippen molar-refractivity contribution >= 4 is 58.3 Å². The van der Waals surface area contributed by atoms with Crippen molar-refractivity contribution in [2.24, 2.45) is 16.1 Å². The number of alkyl halides is 3. The molecule has 2 aliphatic heterocycles. The number of aliphatic imine (C=N–C) groups is 1. The van der Waals surface area contributed by atoms with Gasteiger partial charge in [-0.25, -0.2) is 0 Å². The molecule has 0 bridgehead atoms. The van der Waals surface area contributed by atoms with Gasteiger partial charge >= 0.3 is 6.18 Å². The number of carbonyl (C=O) groups excluding carboxylic acids is 1. The molecule has 2 N–H and O–H groups in total. The van der Waals surface area contributed by atoms with Crippen LogP contribution in [0.4, 0.5) is 18.9 Å². The average molecular weight is 532 g/mol. The molecule has 0 aromatic heterocycles. The van der Waals surface area contributed by atoms with E-state index in [-0.39, 0.29) is 37.9 Å². The van der Waals surface area contributed by atoms with Crippen LogP contribution in [0.3, 0.4) is 0 Å². The molecule has 1 amide bonds. The predicted molar refractivity (Wildman–Crippen MR) is 125 cm³/mol. The second-order valence-electron chi connectivity index (χ2n) is 7.61. The first-order chi connectivity index (χ1) is 16.1. The Morgan fingerprint density at radius 3 is 2.50 bits per heavy atom. The van der Waals surface area contributed by atoms with Crippen LogP contribution in [-0.2, 0) is 15.2 Å². The van der Waals surface area contributed by atoms with E-state index in [1.165, 1.54) is 30.5 Å². The van der Waals surface area contributed by atoms with Gasteiger partial charge in [0.15, 0.2) is 0 Å². The Labute approximate surface area is 207 Å². The molecule has 12 heteroatoms. The van der Waals surface area contributed by atoms with E-state index in [4.69, 9.17) is 39.6 Å². The maximum atomic E-state index is 14.2. The lowest BCUT2D eigenvalue weighted by Crippen LogP contribution is -2.42. The van der Waals surface area contributed by atoms with Gasteiger partial charge in [0, 0.05) is 40.0 Å². The van der Waals surface area contributed by atoms with Gasteiger partial charge in [0.05, 0.1) is 22.3 Å². The number of carbonyl (C=O) groups is 1. The highest BCUT2D eigenvalue weighted by atomic mass is 35.5. The maximum absolute atomic E-state index is 14.2. The summed E-state index contributed by atoms with van der Waals surface area (Å²) >= 11 is 18.1. The largest absolute Gasteiger partial charge is 0.435 e. The predicted octanol–water partition coefficient (Wildman–Crippen LogP) is 6.28. The quantitative estimate of drug-likeness (QED) is 0.446. The summed E-state index contributed by atoms with van der Waals surface area (Å²) in [6.45, 7) is 0. The molecule has 2 unspecified atom stereocenters. The van der Waals surface area contributed by atoms with E-state index >= 15 is 0 Å². The highest BCUT2D eigenvalue weighted by Crippen LogP contribution is 2.49. The van der Waals surface area contributed by atoms with Crippen molar-refractivity contribution in [3.8, 4) is 0 Å². The smallest absolute Gasteiger partial charge is 0.374 e. The molecule has 0 radical (unpaired) electrons. The Balaban J connectivity index is 1.56. The Hall–Kier alpha value is -2.75. The van der Waals surface area contributed by atoms with Crippen molar-refractivity contribution < 1.29 is 22.8 Å². The summed E-state index contributed by atoms with van der Waals surface area (Å²) in [5, 5.41) is 4.05. The Bertz CT molecular complexity index is 1200. The first-order valence-electron chi connectivity index (χ1n) is 9.91. The number of hydrogen-bond acceptors (Lipinski definition) is 5. The van der Waals surface area contributed by atoms with Gasteiger partial charge in [0.2, 0.25) is 5.91 Å². The summed E-state index contributed by atoms with van der Waals surface area (Å²) in [5.41, 5.74) is 2.86. The summed E-state index contributed by atoms with van der Waals surface area (Å²) in [7, 11) is 0. The molecule has 6 nitrogen and oxygen atoms in total. The molecule has 0 spiro atoms. The Kier molecular flexibility index (Phi) is 6.80. The molecule has 4 rings (SSSR count). The molecule has 2 aromatic carbocycles. The second kappa shape index (κ2) is 9.48. The van der Waals surface area contributed by atoms with Gasteiger partial charge < -0.3 is 4.84 Å². The van der Waals surface area contributed by atoms with Gasteiger partial charge in [-0.05, 0) is 36.8 Å². The van der Waals surface area contributed by atoms with Gasteiger partial charge in [-0.3, -0.25) is 20.6 Å². The molecule has 2 aromatic rings. The third-order valence-electron chi connectivity index (χ3n) is 5.34. The first kappa shape index (κ1) is 24.4. The van der Waals surface area contributed by atoms with Crippen LogP contribution in [0.1, 0.15) is 24.0 Å².